The highest BCUT2D eigenvalue weighted by Crippen LogP contribution is 2.13. The summed E-state index contributed by atoms with van der Waals surface area (Å²) >= 11 is 0. The molecule has 0 saturated carbocycles. The molecule has 0 aliphatic carbocycles. The van der Waals surface area contributed by atoms with Crippen LogP contribution in [0.3, 0.4) is 0 Å². The first-order valence-corrected chi connectivity index (χ1v) is 11.0. The van der Waals surface area contributed by atoms with E-state index in [2.05, 4.69) is 41.4 Å². The minimum absolute atomic E-state index is 0. The van der Waals surface area contributed by atoms with Gasteiger partial charge in [-0.15, -0.1) is 24.0 Å². The van der Waals surface area contributed by atoms with Crippen LogP contribution in [0.2, 0.25) is 0 Å². The maximum atomic E-state index is 12.4. The molecule has 2 aliphatic rings. The number of nitrogens with one attached hydrogen (secondary N) is 2. The molecule has 1 saturated heterocycles. The standard InChI is InChI=1S/C20H37N7O.HI/c1-4-21-19(23-17-9-14-25(15-10-17)16(2)3)22-11-7-13-27-20(28)26-12-6-5-8-18(26)24-27;/h16-17H,4-15H2,1-3H3,(H2,21,22,23);1H. The summed E-state index contributed by atoms with van der Waals surface area (Å²) in [6, 6.07) is 1.11. The second kappa shape index (κ2) is 11.9. The van der Waals surface area contributed by atoms with Crippen molar-refractivity contribution in [2.75, 3.05) is 26.2 Å². The molecule has 29 heavy (non-hydrogen) atoms. The minimum atomic E-state index is 0. The quantitative estimate of drug-likeness (QED) is 0.249. The highest BCUT2D eigenvalue weighted by Gasteiger charge is 2.21. The first kappa shape index (κ1) is 24.2. The van der Waals surface area contributed by atoms with Crippen LogP contribution < -0.4 is 16.3 Å². The van der Waals surface area contributed by atoms with Crippen molar-refractivity contribution in [3.8, 4) is 0 Å². The fourth-order valence-corrected chi connectivity index (χ4v) is 4.08. The molecule has 0 spiro atoms. The number of rotatable bonds is 7. The molecule has 1 fully saturated rings. The van der Waals surface area contributed by atoms with Gasteiger partial charge in [-0.2, -0.15) is 5.10 Å². The Morgan fingerprint density at radius 2 is 2.00 bits per heavy atom. The molecule has 3 rings (SSSR count). The zero-order chi connectivity index (χ0) is 19.9. The van der Waals surface area contributed by atoms with Gasteiger partial charge in [-0.25, -0.2) is 9.48 Å². The Balaban J connectivity index is 0.00000300. The van der Waals surface area contributed by atoms with E-state index in [1.54, 1.807) is 4.68 Å². The number of likely N-dealkylation sites (tertiary alicyclic amines) is 1. The summed E-state index contributed by atoms with van der Waals surface area (Å²) in [5.41, 5.74) is 0.0422. The first-order chi connectivity index (χ1) is 13.6. The third-order valence-electron chi connectivity index (χ3n) is 5.77. The molecule has 8 nitrogen and oxygen atoms in total. The Kier molecular flexibility index (Phi) is 9.94. The second-order valence-electron chi connectivity index (χ2n) is 8.19. The molecular weight excluding hydrogens is 481 g/mol. The van der Waals surface area contributed by atoms with Gasteiger partial charge in [0.15, 0.2) is 5.96 Å². The number of nitrogens with zero attached hydrogens (tertiary/aromatic N) is 5. The van der Waals surface area contributed by atoms with Crippen molar-refractivity contribution < 1.29 is 0 Å². The Bertz CT molecular complexity index is 704. The number of aromatic nitrogens is 3. The monoisotopic (exact) mass is 519 g/mol. The molecule has 2 N–H and O–H groups in total. The summed E-state index contributed by atoms with van der Waals surface area (Å²) < 4.78 is 3.46. The van der Waals surface area contributed by atoms with Gasteiger partial charge in [0.1, 0.15) is 5.82 Å². The summed E-state index contributed by atoms with van der Waals surface area (Å²) in [6.45, 7) is 11.9. The zero-order valence-corrected chi connectivity index (χ0v) is 20.5. The van der Waals surface area contributed by atoms with Crippen LogP contribution in [0.5, 0.6) is 0 Å². The van der Waals surface area contributed by atoms with Crippen LogP contribution in [-0.4, -0.2) is 63.5 Å². The lowest BCUT2D eigenvalue weighted by Gasteiger charge is -2.35. The van der Waals surface area contributed by atoms with Crippen LogP contribution >= 0.6 is 24.0 Å². The molecule has 0 unspecified atom stereocenters. The molecule has 0 amide bonds. The fourth-order valence-electron chi connectivity index (χ4n) is 4.08. The smallest absolute Gasteiger partial charge is 0.345 e. The van der Waals surface area contributed by atoms with E-state index in [9.17, 15) is 4.79 Å². The van der Waals surface area contributed by atoms with Crippen LogP contribution in [0.15, 0.2) is 9.79 Å². The second-order valence-corrected chi connectivity index (χ2v) is 8.19. The van der Waals surface area contributed by atoms with Gasteiger partial charge < -0.3 is 15.5 Å². The zero-order valence-electron chi connectivity index (χ0n) is 18.2. The van der Waals surface area contributed by atoms with Crippen molar-refractivity contribution in [2.45, 2.75) is 84.5 Å². The molecule has 2 aliphatic heterocycles. The summed E-state index contributed by atoms with van der Waals surface area (Å²) in [7, 11) is 0. The van der Waals surface area contributed by atoms with Crippen molar-refractivity contribution in [1.82, 2.24) is 29.9 Å². The lowest BCUT2D eigenvalue weighted by Crippen LogP contribution is -2.49. The van der Waals surface area contributed by atoms with Gasteiger partial charge in [-0.1, -0.05) is 0 Å². The molecule has 0 aromatic carbocycles. The van der Waals surface area contributed by atoms with Gasteiger partial charge in [0.05, 0.1) is 0 Å². The number of piperidine rings is 1. The highest BCUT2D eigenvalue weighted by atomic mass is 127. The van der Waals surface area contributed by atoms with Crippen molar-refractivity contribution in [2.24, 2.45) is 4.99 Å². The minimum Gasteiger partial charge on any atom is -0.357 e. The van der Waals surface area contributed by atoms with Gasteiger partial charge >= 0.3 is 5.69 Å². The average molecular weight is 519 g/mol. The molecule has 1 aromatic rings. The molecule has 1 aromatic heterocycles. The average Bonchev–Trinajstić information content (AvgIpc) is 3.02. The largest absolute Gasteiger partial charge is 0.357 e. The maximum Gasteiger partial charge on any atom is 0.345 e. The van der Waals surface area contributed by atoms with Gasteiger partial charge in [0, 0.05) is 57.8 Å². The molecule has 0 radical (unpaired) electrons. The molecular formula is C20H38IN7O. The lowest BCUT2D eigenvalue weighted by atomic mass is 10.0. The predicted molar refractivity (Wildman–Crippen MR) is 128 cm³/mol. The van der Waals surface area contributed by atoms with Crippen molar-refractivity contribution in [1.29, 1.82) is 0 Å². The number of hydrogen-bond acceptors (Lipinski definition) is 4. The molecule has 166 valence electrons. The third kappa shape index (κ3) is 6.70. The SMILES string of the molecule is CCNC(=NCCCn1nc2n(c1=O)CCCC2)NC1CCN(C(C)C)CC1.I. The van der Waals surface area contributed by atoms with Gasteiger partial charge in [0.25, 0.3) is 0 Å². The van der Waals surface area contributed by atoms with E-state index in [0.29, 0.717) is 25.2 Å². The Hall–Kier alpha value is -1.10. The molecule has 3 heterocycles. The van der Waals surface area contributed by atoms with Crippen LogP contribution in [0.1, 0.15) is 58.7 Å². The first-order valence-electron chi connectivity index (χ1n) is 11.0. The summed E-state index contributed by atoms with van der Waals surface area (Å²) in [5, 5.41) is 11.4. The Labute approximate surface area is 191 Å². The van der Waals surface area contributed by atoms with Crippen LogP contribution in [-0.2, 0) is 19.5 Å². The molecule has 0 bridgehead atoms. The number of aryl methyl sites for hydroxylation is 2. The van der Waals surface area contributed by atoms with Crippen LogP contribution in [0, 0.1) is 0 Å². The van der Waals surface area contributed by atoms with E-state index < -0.39 is 0 Å². The topological polar surface area (TPSA) is 79.5 Å². The van der Waals surface area contributed by atoms with Gasteiger partial charge in [-0.3, -0.25) is 9.56 Å². The summed E-state index contributed by atoms with van der Waals surface area (Å²) in [4.78, 5) is 19.6. The summed E-state index contributed by atoms with van der Waals surface area (Å²) in [6.07, 6.45) is 6.25. The van der Waals surface area contributed by atoms with Gasteiger partial charge in [0.2, 0.25) is 0 Å². The molecule has 9 heteroatoms. The van der Waals surface area contributed by atoms with Crippen LogP contribution in [0.25, 0.3) is 0 Å². The fraction of sp³-hybridized carbons (Fsp3) is 0.850. The number of hydrogen-bond donors (Lipinski definition) is 2. The Morgan fingerprint density at radius 3 is 2.66 bits per heavy atom. The predicted octanol–water partition coefficient (Wildman–Crippen LogP) is 1.82. The number of fused-ring (bicyclic) bond motifs is 1. The third-order valence-corrected chi connectivity index (χ3v) is 5.77. The van der Waals surface area contributed by atoms with E-state index in [-0.39, 0.29) is 29.7 Å². The number of aliphatic imine (C=N–C) groups is 1. The maximum absolute atomic E-state index is 12.4. The Morgan fingerprint density at radius 1 is 1.24 bits per heavy atom. The van der Waals surface area contributed by atoms with E-state index in [1.165, 1.54) is 0 Å². The van der Waals surface area contributed by atoms with E-state index >= 15 is 0 Å². The number of halogens is 1. The highest BCUT2D eigenvalue weighted by molar-refractivity contribution is 14.0. The van der Waals surface area contributed by atoms with E-state index in [1.807, 2.05) is 4.57 Å². The van der Waals surface area contributed by atoms with Crippen molar-refractivity contribution >= 4 is 29.9 Å². The van der Waals surface area contributed by atoms with Crippen molar-refractivity contribution in [3.63, 3.8) is 0 Å². The summed E-state index contributed by atoms with van der Waals surface area (Å²) in [5.74, 6) is 1.84. The normalized spacial score (nSPS) is 18.4. The van der Waals surface area contributed by atoms with Crippen LogP contribution in [0.4, 0.5) is 0 Å². The number of guanidine groups is 1. The van der Waals surface area contributed by atoms with E-state index in [4.69, 9.17) is 4.99 Å². The van der Waals surface area contributed by atoms with Crippen molar-refractivity contribution in [3.05, 3.63) is 16.3 Å². The van der Waals surface area contributed by atoms with E-state index in [0.717, 1.165) is 76.5 Å². The lowest BCUT2D eigenvalue weighted by molar-refractivity contribution is 0.167. The van der Waals surface area contributed by atoms with Gasteiger partial charge in [-0.05, 0) is 52.9 Å². The molecule has 0 atom stereocenters.